The fraction of sp³-hybridized carbons (Fsp3) is 1.00. The maximum Gasteiger partial charge on any atom is 0.216 e. The Labute approximate surface area is 61.6 Å². The van der Waals surface area contributed by atoms with Crippen LogP contribution < -0.4 is 0 Å². The molecule has 0 N–H and O–H groups in total. The minimum absolute atomic E-state index is 0.206. The third-order valence-corrected chi connectivity index (χ3v) is 1.64. The molecule has 0 aromatic carbocycles. The summed E-state index contributed by atoms with van der Waals surface area (Å²) in [6.07, 6.45) is 2.64. The molecule has 0 aromatic rings. The fourth-order valence-corrected chi connectivity index (χ4v) is 0.701. The van der Waals surface area contributed by atoms with Crippen molar-refractivity contribution in [2.75, 3.05) is 0 Å². The van der Waals surface area contributed by atoms with Crippen molar-refractivity contribution >= 4 is 0 Å². The topological polar surface area (TPSA) is 43.1 Å². The van der Waals surface area contributed by atoms with Gasteiger partial charge in [0.15, 0.2) is 0 Å². The van der Waals surface area contributed by atoms with Crippen LogP contribution in [0.5, 0.6) is 0 Å². The summed E-state index contributed by atoms with van der Waals surface area (Å²) in [5.41, 5.74) is -0.726. The van der Waals surface area contributed by atoms with Crippen molar-refractivity contribution in [3.63, 3.8) is 0 Å². The van der Waals surface area contributed by atoms with Crippen molar-refractivity contribution in [3.05, 3.63) is 10.1 Å². The Morgan fingerprint density at radius 2 is 2.00 bits per heavy atom. The molecule has 0 saturated carbocycles. The van der Waals surface area contributed by atoms with Crippen molar-refractivity contribution in [1.82, 2.24) is 0 Å². The average Bonchev–Trinajstić information content (AvgIpc) is 1.84. The fourth-order valence-electron chi connectivity index (χ4n) is 0.701. The van der Waals surface area contributed by atoms with Crippen LogP contribution in [0.15, 0.2) is 0 Å². The van der Waals surface area contributed by atoms with Gasteiger partial charge in [-0.25, -0.2) is 0 Å². The predicted molar refractivity (Wildman–Crippen MR) is 40.6 cm³/mol. The Kier molecular flexibility index (Phi) is 3.33. The maximum absolute atomic E-state index is 10.3. The van der Waals surface area contributed by atoms with Crippen LogP contribution in [0.25, 0.3) is 0 Å². The first kappa shape index (κ1) is 9.40. The summed E-state index contributed by atoms with van der Waals surface area (Å²) in [4.78, 5) is 10.1. The first-order chi connectivity index (χ1) is 4.50. The number of rotatable bonds is 4. The molecule has 0 saturated heterocycles. The van der Waals surface area contributed by atoms with E-state index < -0.39 is 5.54 Å². The largest absolute Gasteiger partial charge is 0.264 e. The molecule has 3 nitrogen and oxygen atoms in total. The molecule has 10 heavy (non-hydrogen) atoms. The van der Waals surface area contributed by atoms with Crippen LogP contribution in [0, 0.1) is 10.1 Å². The molecule has 0 spiro atoms. The van der Waals surface area contributed by atoms with E-state index in [9.17, 15) is 10.1 Å². The van der Waals surface area contributed by atoms with Crippen LogP contribution >= 0.6 is 0 Å². The SMILES string of the molecule is CCCCC(C)(C)[N+](=O)[O-]. The van der Waals surface area contributed by atoms with Crippen molar-refractivity contribution < 1.29 is 4.92 Å². The smallest absolute Gasteiger partial charge is 0.216 e. The van der Waals surface area contributed by atoms with Crippen LogP contribution in [0.3, 0.4) is 0 Å². The molecule has 0 fully saturated rings. The van der Waals surface area contributed by atoms with Crippen molar-refractivity contribution in [2.45, 2.75) is 45.6 Å². The molecule has 0 rings (SSSR count). The van der Waals surface area contributed by atoms with Gasteiger partial charge in [0.1, 0.15) is 0 Å². The van der Waals surface area contributed by atoms with E-state index in [4.69, 9.17) is 0 Å². The van der Waals surface area contributed by atoms with Crippen LogP contribution in [-0.4, -0.2) is 10.5 Å². The van der Waals surface area contributed by atoms with E-state index in [0.29, 0.717) is 6.42 Å². The molecule has 0 unspecified atom stereocenters. The monoisotopic (exact) mass is 145 g/mol. The Bertz CT molecular complexity index is 121. The Morgan fingerprint density at radius 3 is 2.30 bits per heavy atom. The molecule has 0 atom stereocenters. The highest BCUT2D eigenvalue weighted by Crippen LogP contribution is 2.15. The van der Waals surface area contributed by atoms with Gasteiger partial charge in [-0.1, -0.05) is 13.3 Å². The van der Waals surface area contributed by atoms with E-state index in [0.717, 1.165) is 12.8 Å². The van der Waals surface area contributed by atoms with Crippen LogP contribution in [-0.2, 0) is 0 Å². The van der Waals surface area contributed by atoms with E-state index in [1.807, 2.05) is 6.92 Å². The molecule has 0 bridgehead atoms. The molecule has 0 aromatic heterocycles. The normalized spacial score (nSPS) is 11.5. The number of hydrogen-bond acceptors (Lipinski definition) is 2. The molecule has 0 aliphatic rings. The first-order valence-electron chi connectivity index (χ1n) is 3.65. The van der Waals surface area contributed by atoms with Gasteiger partial charge in [-0.2, -0.15) is 0 Å². The van der Waals surface area contributed by atoms with Crippen molar-refractivity contribution in [1.29, 1.82) is 0 Å². The Balaban J connectivity index is 3.75. The summed E-state index contributed by atoms with van der Waals surface area (Å²) in [7, 11) is 0. The van der Waals surface area contributed by atoms with Gasteiger partial charge in [0, 0.05) is 25.2 Å². The van der Waals surface area contributed by atoms with Gasteiger partial charge in [-0.3, -0.25) is 10.1 Å². The Hall–Kier alpha value is -0.600. The molecule has 0 radical (unpaired) electrons. The summed E-state index contributed by atoms with van der Waals surface area (Å²) in [6, 6.07) is 0. The number of unbranched alkanes of at least 4 members (excludes halogenated alkanes) is 1. The second kappa shape index (κ2) is 3.54. The lowest BCUT2D eigenvalue weighted by Gasteiger charge is -2.13. The second-order valence-corrected chi connectivity index (χ2v) is 3.17. The highest BCUT2D eigenvalue weighted by atomic mass is 16.6. The van der Waals surface area contributed by atoms with Gasteiger partial charge in [0.05, 0.1) is 0 Å². The highest BCUT2D eigenvalue weighted by Gasteiger charge is 2.28. The summed E-state index contributed by atoms with van der Waals surface area (Å²) < 4.78 is 0. The van der Waals surface area contributed by atoms with Gasteiger partial charge >= 0.3 is 0 Å². The van der Waals surface area contributed by atoms with E-state index >= 15 is 0 Å². The zero-order valence-electron chi connectivity index (χ0n) is 6.89. The molecular weight excluding hydrogens is 130 g/mol. The van der Waals surface area contributed by atoms with Gasteiger partial charge in [0.25, 0.3) is 0 Å². The lowest BCUT2D eigenvalue weighted by atomic mass is 9.99. The lowest BCUT2D eigenvalue weighted by Crippen LogP contribution is -2.30. The lowest BCUT2D eigenvalue weighted by molar-refractivity contribution is -0.561. The van der Waals surface area contributed by atoms with E-state index in [1.54, 1.807) is 13.8 Å². The summed E-state index contributed by atoms with van der Waals surface area (Å²) in [5.74, 6) is 0. The molecule has 0 aliphatic heterocycles. The van der Waals surface area contributed by atoms with E-state index in [2.05, 4.69) is 0 Å². The summed E-state index contributed by atoms with van der Waals surface area (Å²) >= 11 is 0. The zero-order chi connectivity index (χ0) is 8.20. The first-order valence-corrected chi connectivity index (χ1v) is 3.65. The quantitative estimate of drug-likeness (QED) is 0.449. The standard InChI is InChI=1S/C7H15NO2/c1-4-5-6-7(2,3)8(9)10/h4-6H2,1-3H3. The minimum Gasteiger partial charge on any atom is -0.264 e. The van der Waals surface area contributed by atoms with Crippen LogP contribution in [0.4, 0.5) is 0 Å². The molecule has 0 aliphatic carbocycles. The third-order valence-electron chi connectivity index (χ3n) is 1.64. The predicted octanol–water partition coefficient (Wildman–Crippen LogP) is 2.23. The third kappa shape index (κ3) is 2.80. The summed E-state index contributed by atoms with van der Waals surface area (Å²) in [6.45, 7) is 5.38. The molecular formula is C7H15NO2. The minimum atomic E-state index is -0.726. The zero-order valence-corrected chi connectivity index (χ0v) is 6.89. The highest BCUT2D eigenvalue weighted by molar-refractivity contribution is 4.65. The molecule has 0 amide bonds. The van der Waals surface area contributed by atoms with Gasteiger partial charge in [0.2, 0.25) is 5.54 Å². The molecule has 0 heterocycles. The van der Waals surface area contributed by atoms with Gasteiger partial charge < -0.3 is 0 Å². The maximum atomic E-state index is 10.3. The number of nitro groups is 1. The Morgan fingerprint density at radius 1 is 1.50 bits per heavy atom. The summed E-state index contributed by atoms with van der Waals surface area (Å²) in [5, 5.41) is 10.3. The molecule has 3 heteroatoms. The number of hydrogen-bond donors (Lipinski definition) is 0. The van der Waals surface area contributed by atoms with Crippen LogP contribution in [0.2, 0.25) is 0 Å². The number of nitrogens with zero attached hydrogens (tertiary/aromatic N) is 1. The second-order valence-electron chi connectivity index (χ2n) is 3.17. The van der Waals surface area contributed by atoms with Crippen molar-refractivity contribution in [2.24, 2.45) is 0 Å². The van der Waals surface area contributed by atoms with Crippen molar-refractivity contribution in [3.8, 4) is 0 Å². The molecule has 60 valence electrons. The van der Waals surface area contributed by atoms with E-state index in [1.165, 1.54) is 0 Å². The van der Waals surface area contributed by atoms with Gasteiger partial charge in [-0.05, 0) is 6.42 Å². The van der Waals surface area contributed by atoms with E-state index in [-0.39, 0.29) is 4.92 Å². The van der Waals surface area contributed by atoms with Crippen LogP contribution in [0.1, 0.15) is 40.0 Å². The average molecular weight is 145 g/mol. The van der Waals surface area contributed by atoms with Gasteiger partial charge in [-0.15, -0.1) is 0 Å².